The summed E-state index contributed by atoms with van der Waals surface area (Å²) in [5.74, 6) is 1.11. The number of nitrogens with one attached hydrogen (secondary N) is 1. The molecule has 0 bridgehead atoms. The molecule has 1 saturated heterocycles. The van der Waals surface area contributed by atoms with Crippen molar-refractivity contribution in [3.8, 4) is 0 Å². The Morgan fingerprint density at radius 2 is 2.05 bits per heavy atom. The van der Waals surface area contributed by atoms with Crippen LogP contribution in [0.25, 0.3) is 0 Å². The molecule has 3 rings (SSSR count). The van der Waals surface area contributed by atoms with E-state index in [4.69, 9.17) is 0 Å². The van der Waals surface area contributed by atoms with Crippen LogP contribution in [0.4, 0.5) is 11.5 Å². The second-order valence-electron chi connectivity index (χ2n) is 4.89. The molecule has 2 aromatic heterocycles. The molecule has 3 nitrogen and oxygen atoms in total. The lowest BCUT2D eigenvalue weighted by molar-refractivity contribution is 0.573. The highest BCUT2D eigenvalue weighted by atomic mass is 32.1. The van der Waals surface area contributed by atoms with Crippen molar-refractivity contribution in [3.63, 3.8) is 0 Å². The van der Waals surface area contributed by atoms with E-state index in [0.717, 1.165) is 31.1 Å². The molecule has 0 spiro atoms. The lowest BCUT2D eigenvalue weighted by Crippen LogP contribution is -2.30. The molecule has 0 atom stereocenters. The average molecular weight is 273 g/mol. The summed E-state index contributed by atoms with van der Waals surface area (Å²) in [6.07, 6.45) is 5.88. The van der Waals surface area contributed by atoms with Gasteiger partial charge in [0.15, 0.2) is 0 Å². The number of rotatable bonds is 4. The maximum absolute atomic E-state index is 4.57. The number of hydrogen-bond donors (Lipinski definition) is 1. The predicted octanol–water partition coefficient (Wildman–Crippen LogP) is 3.75. The van der Waals surface area contributed by atoms with Crippen molar-refractivity contribution >= 4 is 22.8 Å². The van der Waals surface area contributed by atoms with Crippen LogP contribution in [-0.2, 0) is 6.54 Å². The van der Waals surface area contributed by atoms with Crippen LogP contribution in [-0.4, -0.2) is 18.1 Å². The number of anilines is 2. The van der Waals surface area contributed by atoms with Crippen LogP contribution in [0.3, 0.4) is 0 Å². The first-order chi connectivity index (χ1) is 9.42. The Morgan fingerprint density at radius 1 is 1.16 bits per heavy atom. The largest absolute Gasteiger partial charge is 0.379 e. The molecule has 0 aromatic carbocycles. The number of aromatic nitrogens is 1. The number of pyridine rings is 1. The van der Waals surface area contributed by atoms with Gasteiger partial charge >= 0.3 is 0 Å². The molecule has 3 heterocycles. The minimum atomic E-state index is 0.877. The van der Waals surface area contributed by atoms with Gasteiger partial charge in [-0.3, -0.25) is 0 Å². The highest BCUT2D eigenvalue weighted by Crippen LogP contribution is 2.19. The molecule has 19 heavy (non-hydrogen) atoms. The summed E-state index contributed by atoms with van der Waals surface area (Å²) in [5, 5.41) is 5.51. The van der Waals surface area contributed by atoms with Crippen LogP contribution in [0.2, 0.25) is 0 Å². The lowest BCUT2D eigenvalue weighted by Gasteiger charge is -2.27. The van der Waals surface area contributed by atoms with Gasteiger partial charge in [0.25, 0.3) is 0 Å². The van der Waals surface area contributed by atoms with E-state index in [-0.39, 0.29) is 0 Å². The van der Waals surface area contributed by atoms with Gasteiger partial charge < -0.3 is 10.2 Å². The summed E-state index contributed by atoms with van der Waals surface area (Å²) >= 11 is 1.78. The van der Waals surface area contributed by atoms with Gasteiger partial charge in [-0.1, -0.05) is 6.07 Å². The van der Waals surface area contributed by atoms with E-state index in [9.17, 15) is 0 Å². The standard InChI is InChI=1S/C15H19N3S/c1-2-8-18(9-3-1)15-7-6-13(11-17-15)16-12-14-5-4-10-19-14/h4-7,10-11,16H,1-3,8-9,12H2. The Labute approximate surface area is 118 Å². The van der Waals surface area contributed by atoms with Crippen LogP contribution < -0.4 is 10.2 Å². The zero-order valence-corrected chi connectivity index (χ0v) is 11.8. The van der Waals surface area contributed by atoms with Gasteiger partial charge in [0.1, 0.15) is 5.82 Å². The Bertz CT molecular complexity index is 487. The quantitative estimate of drug-likeness (QED) is 0.919. The van der Waals surface area contributed by atoms with Crippen LogP contribution in [0.5, 0.6) is 0 Å². The van der Waals surface area contributed by atoms with Gasteiger partial charge in [0.2, 0.25) is 0 Å². The van der Waals surface area contributed by atoms with E-state index in [0.29, 0.717) is 0 Å². The summed E-state index contributed by atoms with van der Waals surface area (Å²) in [4.78, 5) is 8.30. The number of hydrogen-bond acceptors (Lipinski definition) is 4. The molecule has 1 fully saturated rings. The van der Waals surface area contributed by atoms with Gasteiger partial charge in [0.05, 0.1) is 11.9 Å². The van der Waals surface area contributed by atoms with Crippen molar-refractivity contribution in [1.29, 1.82) is 0 Å². The number of piperidine rings is 1. The SMILES string of the molecule is c1csc(CNc2ccc(N3CCCCC3)nc2)c1. The van der Waals surface area contributed by atoms with Crippen molar-refractivity contribution in [2.24, 2.45) is 0 Å². The Hall–Kier alpha value is -1.55. The third kappa shape index (κ3) is 3.26. The fourth-order valence-corrected chi connectivity index (χ4v) is 3.05. The third-order valence-electron chi connectivity index (χ3n) is 3.47. The van der Waals surface area contributed by atoms with E-state index < -0.39 is 0 Å². The second-order valence-corrected chi connectivity index (χ2v) is 5.92. The van der Waals surface area contributed by atoms with Crippen LogP contribution in [0.1, 0.15) is 24.1 Å². The molecule has 4 heteroatoms. The van der Waals surface area contributed by atoms with Crippen LogP contribution >= 0.6 is 11.3 Å². The topological polar surface area (TPSA) is 28.2 Å². The van der Waals surface area contributed by atoms with E-state index >= 15 is 0 Å². The second kappa shape index (κ2) is 6.06. The Morgan fingerprint density at radius 3 is 2.74 bits per heavy atom. The molecule has 1 N–H and O–H groups in total. The first-order valence-electron chi connectivity index (χ1n) is 6.89. The smallest absolute Gasteiger partial charge is 0.128 e. The minimum Gasteiger partial charge on any atom is -0.379 e. The van der Waals surface area contributed by atoms with Gasteiger partial charge in [-0.05, 0) is 42.8 Å². The van der Waals surface area contributed by atoms with Gasteiger partial charge in [-0.2, -0.15) is 0 Å². The fourth-order valence-electron chi connectivity index (χ4n) is 2.40. The molecule has 1 aliphatic rings. The van der Waals surface area contributed by atoms with E-state index in [1.807, 2.05) is 6.20 Å². The lowest BCUT2D eigenvalue weighted by atomic mass is 10.1. The van der Waals surface area contributed by atoms with Crippen molar-refractivity contribution in [2.45, 2.75) is 25.8 Å². The van der Waals surface area contributed by atoms with Gasteiger partial charge in [-0.15, -0.1) is 11.3 Å². The Balaban J connectivity index is 1.58. The fraction of sp³-hybridized carbons (Fsp3) is 0.400. The van der Waals surface area contributed by atoms with Crippen LogP contribution in [0.15, 0.2) is 35.8 Å². The maximum atomic E-state index is 4.57. The van der Waals surface area contributed by atoms with Crippen molar-refractivity contribution in [2.75, 3.05) is 23.3 Å². The molecule has 0 saturated carbocycles. The monoisotopic (exact) mass is 273 g/mol. The normalized spacial score (nSPS) is 15.5. The third-order valence-corrected chi connectivity index (χ3v) is 4.35. The maximum Gasteiger partial charge on any atom is 0.128 e. The van der Waals surface area contributed by atoms with Crippen molar-refractivity contribution in [3.05, 3.63) is 40.7 Å². The molecule has 1 aliphatic heterocycles. The van der Waals surface area contributed by atoms with E-state index in [1.165, 1.54) is 24.1 Å². The molecule has 0 aliphatic carbocycles. The number of thiophene rings is 1. The summed E-state index contributed by atoms with van der Waals surface area (Å²) in [7, 11) is 0. The van der Waals surface area contributed by atoms with E-state index in [1.54, 1.807) is 11.3 Å². The van der Waals surface area contributed by atoms with Crippen molar-refractivity contribution in [1.82, 2.24) is 4.98 Å². The molecule has 100 valence electrons. The Kier molecular flexibility index (Phi) is 3.98. The molecule has 0 radical (unpaired) electrons. The average Bonchev–Trinajstić information content (AvgIpc) is 3.00. The highest BCUT2D eigenvalue weighted by Gasteiger charge is 2.11. The van der Waals surface area contributed by atoms with Gasteiger partial charge in [0, 0.05) is 24.5 Å². The van der Waals surface area contributed by atoms with E-state index in [2.05, 4.69) is 44.8 Å². The summed E-state index contributed by atoms with van der Waals surface area (Å²) in [5.41, 5.74) is 1.09. The molecular weight excluding hydrogens is 254 g/mol. The van der Waals surface area contributed by atoms with Crippen LogP contribution in [0, 0.1) is 0 Å². The number of nitrogens with zero attached hydrogens (tertiary/aromatic N) is 2. The van der Waals surface area contributed by atoms with Gasteiger partial charge in [-0.25, -0.2) is 4.98 Å². The van der Waals surface area contributed by atoms with Crippen molar-refractivity contribution < 1.29 is 0 Å². The predicted molar refractivity (Wildman–Crippen MR) is 81.9 cm³/mol. The first kappa shape index (κ1) is 12.5. The molecular formula is C15H19N3S. The zero-order chi connectivity index (χ0) is 12.9. The first-order valence-corrected chi connectivity index (χ1v) is 7.77. The zero-order valence-electron chi connectivity index (χ0n) is 11.0. The molecule has 2 aromatic rings. The minimum absolute atomic E-state index is 0.877. The summed E-state index contributed by atoms with van der Waals surface area (Å²) < 4.78 is 0. The molecule has 0 unspecified atom stereocenters. The summed E-state index contributed by atoms with van der Waals surface area (Å²) in [6, 6.07) is 8.49. The summed E-state index contributed by atoms with van der Waals surface area (Å²) in [6.45, 7) is 3.17. The molecule has 0 amide bonds. The highest BCUT2D eigenvalue weighted by molar-refractivity contribution is 7.09.